The largest absolute Gasteiger partial charge is 0.444 e. The summed E-state index contributed by atoms with van der Waals surface area (Å²) in [5.74, 6) is -0.471. The summed E-state index contributed by atoms with van der Waals surface area (Å²) < 4.78 is 21.7. The fraction of sp³-hybridized carbons (Fsp3) is 0.400. The van der Waals surface area contributed by atoms with Crippen LogP contribution in [-0.2, 0) is 4.74 Å². The lowest BCUT2D eigenvalue weighted by atomic mass is 9.88. The van der Waals surface area contributed by atoms with E-state index < -0.39 is 5.60 Å². The van der Waals surface area contributed by atoms with Crippen LogP contribution in [0.15, 0.2) is 41.1 Å². The third-order valence-electron chi connectivity index (χ3n) is 5.92. The molecule has 0 bridgehead atoms. The molecule has 6 nitrogen and oxygen atoms in total. The van der Waals surface area contributed by atoms with Gasteiger partial charge in [-0.3, -0.25) is 9.78 Å². The van der Waals surface area contributed by atoms with Gasteiger partial charge in [0.05, 0.1) is 17.4 Å². The number of aromatic nitrogens is 2. The molecule has 4 rings (SSSR count). The molecule has 1 aliphatic heterocycles. The molecule has 1 amide bonds. The zero-order valence-corrected chi connectivity index (χ0v) is 20.8. The van der Waals surface area contributed by atoms with Gasteiger partial charge in [-0.1, -0.05) is 0 Å². The first kappa shape index (κ1) is 23.4. The summed E-state index contributed by atoms with van der Waals surface area (Å²) in [6.07, 6.45) is 4.21. The lowest BCUT2D eigenvalue weighted by Crippen LogP contribution is -2.43. The quantitative estimate of drug-likeness (QED) is 0.397. The van der Waals surface area contributed by atoms with Crippen LogP contribution in [-0.4, -0.2) is 45.0 Å². The SMILES string of the molecule is Cc1c(C(=O)C2CCN(C(=O)OC(C)(C)C)CC2)c2ccncc2n1-c1ccc(F)cc1Br. The maximum atomic E-state index is 13.7. The van der Waals surface area contributed by atoms with Crippen molar-refractivity contribution in [3.8, 4) is 5.69 Å². The second-order valence-electron chi connectivity index (χ2n) is 9.39. The van der Waals surface area contributed by atoms with Crippen LogP contribution in [0, 0.1) is 18.7 Å². The first-order valence-electron chi connectivity index (χ1n) is 11.0. The highest BCUT2D eigenvalue weighted by Gasteiger charge is 2.33. The van der Waals surface area contributed by atoms with Crippen LogP contribution in [0.3, 0.4) is 0 Å². The van der Waals surface area contributed by atoms with Gasteiger partial charge in [0.25, 0.3) is 0 Å². The van der Waals surface area contributed by atoms with Crippen molar-refractivity contribution in [3.05, 3.63) is 58.2 Å². The number of piperidine rings is 1. The number of nitrogens with zero attached hydrogens (tertiary/aromatic N) is 3. The number of ether oxygens (including phenoxy) is 1. The number of hydrogen-bond acceptors (Lipinski definition) is 4. The highest BCUT2D eigenvalue weighted by Crippen LogP contribution is 2.35. The van der Waals surface area contributed by atoms with E-state index >= 15 is 0 Å². The van der Waals surface area contributed by atoms with E-state index in [1.54, 1.807) is 23.4 Å². The summed E-state index contributed by atoms with van der Waals surface area (Å²) >= 11 is 3.45. The Morgan fingerprint density at radius 2 is 1.88 bits per heavy atom. The van der Waals surface area contributed by atoms with E-state index in [9.17, 15) is 14.0 Å². The van der Waals surface area contributed by atoms with Gasteiger partial charge >= 0.3 is 6.09 Å². The van der Waals surface area contributed by atoms with Gasteiger partial charge in [-0.25, -0.2) is 9.18 Å². The Bertz CT molecular complexity index is 1220. The molecule has 2 aromatic heterocycles. The number of hydrogen-bond donors (Lipinski definition) is 0. The fourth-order valence-corrected chi connectivity index (χ4v) is 4.93. The number of carbonyl (C=O) groups excluding carboxylic acids is 2. The van der Waals surface area contributed by atoms with E-state index in [4.69, 9.17) is 4.74 Å². The fourth-order valence-electron chi connectivity index (χ4n) is 4.40. The van der Waals surface area contributed by atoms with Crippen LogP contribution >= 0.6 is 15.9 Å². The van der Waals surface area contributed by atoms with E-state index in [2.05, 4.69) is 20.9 Å². The Labute approximate surface area is 200 Å². The number of likely N-dealkylation sites (tertiary alicyclic amines) is 1. The van der Waals surface area contributed by atoms with Crippen molar-refractivity contribution >= 4 is 38.7 Å². The molecular weight excluding hydrogens is 489 g/mol. The molecule has 1 aliphatic rings. The van der Waals surface area contributed by atoms with Crippen LogP contribution in [0.2, 0.25) is 0 Å². The van der Waals surface area contributed by atoms with Crippen LogP contribution in [0.5, 0.6) is 0 Å². The molecule has 0 unspecified atom stereocenters. The highest BCUT2D eigenvalue weighted by atomic mass is 79.9. The van der Waals surface area contributed by atoms with Gasteiger partial charge in [0.1, 0.15) is 11.4 Å². The predicted octanol–water partition coefficient (Wildman–Crippen LogP) is 6.07. The number of Topliss-reactive ketones (excluding diaryl/α,β-unsaturated/α-hetero) is 1. The second kappa shape index (κ2) is 8.89. The van der Waals surface area contributed by atoms with Gasteiger partial charge in [-0.05, 0) is 80.7 Å². The molecule has 1 saturated heterocycles. The van der Waals surface area contributed by atoms with Crippen molar-refractivity contribution in [3.63, 3.8) is 0 Å². The van der Waals surface area contributed by atoms with Crippen LogP contribution in [0.25, 0.3) is 16.6 Å². The van der Waals surface area contributed by atoms with Crippen molar-refractivity contribution in [1.29, 1.82) is 0 Å². The summed E-state index contributed by atoms with van der Waals surface area (Å²) in [5.41, 5.74) is 2.41. The Hall–Kier alpha value is -2.74. The number of ketones is 1. The average molecular weight is 516 g/mol. The normalized spacial score (nSPS) is 15.2. The van der Waals surface area contributed by atoms with Crippen molar-refractivity contribution in [1.82, 2.24) is 14.5 Å². The minimum atomic E-state index is -0.550. The average Bonchev–Trinajstić information content (AvgIpc) is 3.04. The molecule has 0 radical (unpaired) electrons. The highest BCUT2D eigenvalue weighted by molar-refractivity contribution is 9.10. The maximum absolute atomic E-state index is 13.7. The van der Waals surface area contributed by atoms with Crippen molar-refractivity contribution in [2.45, 2.75) is 46.1 Å². The Morgan fingerprint density at radius 1 is 1.18 bits per heavy atom. The zero-order chi connectivity index (χ0) is 23.9. The minimum absolute atomic E-state index is 0.0597. The van der Waals surface area contributed by atoms with Gasteiger partial charge in [-0.2, -0.15) is 0 Å². The van der Waals surface area contributed by atoms with Gasteiger partial charge in [0.2, 0.25) is 0 Å². The number of benzene rings is 1. The first-order chi connectivity index (χ1) is 15.6. The standard InChI is InChI=1S/C25H27BrFN3O3/c1-15-22(23(31)16-8-11-29(12-9-16)24(32)33-25(2,3)4)18-7-10-28-14-21(18)30(15)20-6-5-17(27)13-19(20)26/h5-7,10,13-14,16H,8-9,11-12H2,1-4H3. The number of fused-ring (bicyclic) bond motifs is 1. The number of halogens is 2. The summed E-state index contributed by atoms with van der Waals surface area (Å²) in [7, 11) is 0. The summed E-state index contributed by atoms with van der Waals surface area (Å²) in [6.45, 7) is 8.39. The Kier molecular flexibility index (Phi) is 6.31. The number of amides is 1. The molecule has 3 heterocycles. The molecule has 0 spiro atoms. The third-order valence-corrected chi connectivity index (χ3v) is 6.56. The molecular formula is C25H27BrFN3O3. The molecule has 8 heteroatoms. The lowest BCUT2D eigenvalue weighted by molar-refractivity contribution is 0.0182. The van der Waals surface area contributed by atoms with E-state index in [1.165, 1.54) is 12.1 Å². The molecule has 3 aromatic rings. The van der Waals surface area contributed by atoms with E-state index in [-0.39, 0.29) is 23.6 Å². The first-order valence-corrected chi connectivity index (χ1v) is 11.8. The van der Waals surface area contributed by atoms with Crippen LogP contribution < -0.4 is 0 Å². The van der Waals surface area contributed by atoms with E-state index in [0.717, 1.165) is 22.3 Å². The van der Waals surface area contributed by atoms with Crippen molar-refractivity contribution < 1.29 is 18.7 Å². The van der Waals surface area contributed by atoms with E-state index in [1.807, 2.05) is 38.3 Å². The van der Waals surface area contributed by atoms with Gasteiger partial charge in [0.15, 0.2) is 5.78 Å². The predicted molar refractivity (Wildman–Crippen MR) is 128 cm³/mol. The van der Waals surface area contributed by atoms with Crippen molar-refractivity contribution in [2.24, 2.45) is 5.92 Å². The van der Waals surface area contributed by atoms with Gasteiger partial charge in [-0.15, -0.1) is 0 Å². The van der Waals surface area contributed by atoms with Gasteiger partial charge in [0, 0.05) is 46.3 Å². The smallest absolute Gasteiger partial charge is 0.410 e. The number of carbonyl (C=O) groups is 2. The number of pyridine rings is 1. The molecule has 1 fully saturated rings. The molecule has 174 valence electrons. The van der Waals surface area contributed by atoms with Crippen LogP contribution in [0.1, 0.15) is 49.7 Å². The Balaban J connectivity index is 1.64. The molecule has 0 atom stereocenters. The van der Waals surface area contributed by atoms with Crippen LogP contribution in [0.4, 0.5) is 9.18 Å². The zero-order valence-electron chi connectivity index (χ0n) is 19.2. The maximum Gasteiger partial charge on any atom is 0.410 e. The summed E-state index contributed by atoms with van der Waals surface area (Å²) in [6, 6.07) is 6.34. The molecule has 1 aromatic carbocycles. The third kappa shape index (κ3) is 4.67. The monoisotopic (exact) mass is 515 g/mol. The van der Waals surface area contributed by atoms with Gasteiger partial charge < -0.3 is 14.2 Å². The molecule has 0 saturated carbocycles. The van der Waals surface area contributed by atoms with Crippen molar-refractivity contribution in [2.75, 3.05) is 13.1 Å². The minimum Gasteiger partial charge on any atom is -0.444 e. The summed E-state index contributed by atoms with van der Waals surface area (Å²) in [4.78, 5) is 32.0. The second-order valence-corrected chi connectivity index (χ2v) is 10.2. The molecule has 0 N–H and O–H groups in total. The molecule has 33 heavy (non-hydrogen) atoms. The molecule has 0 aliphatic carbocycles. The Morgan fingerprint density at radius 3 is 2.52 bits per heavy atom. The summed E-state index contributed by atoms with van der Waals surface area (Å²) in [5, 5.41) is 0.818. The lowest BCUT2D eigenvalue weighted by Gasteiger charge is -2.33. The number of rotatable bonds is 3. The topological polar surface area (TPSA) is 64.4 Å². The van der Waals surface area contributed by atoms with E-state index in [0.29, 0.717) is 36.0 Å².